The zero-order valence-electron chi connectivity index (χ0n) is 12.9. The number of piperazine rings is 1. The fraction of sp³-hybridized carbons (Fsp3) is 0.562. The summed E-state index contributed by atoms with van der Waals surface area (Å²) in [4.78, 5) is 16.4. The fourth-order valence-corrected chi connectivity index (χ4v) is 3.23. The molecule has 0 aromatic heterocycles. The van der Waals surface area contributed by atoms with Gasteiger partial charge in [0.1, 0.15) is 5.60 Å². The van der Waals surface area contributed by atoms with E-state index in [0.29, 0.717) is 6.04 Å². The van der Waals surface area contributed by atoms with E-state index < -0.39 is 5.60 Å². The van der Waals surface area contributed by atoms with Crippen LogP contribution < -0.4 is 10.6 Å². The van der Waals surface area contributed by atoms with E-state index in [1.807, 2.05) is 43.9 Å². The molecule has 114 valence electrons. The molecule has 2 N–H and O–H groups in total. The van der Waals surface area contributed by atoms with Crippen LogP contribution in [-0.4, -0.2) is 41.8 Å². The van der Waals surface area contributed by atoms with Crippen LogP contribution in [0.4, 0.5) is 16.2 Å². The topological polar surface area (TPSA) is 58.8 Å². The van der Waals surface area contributed by atoms with Gasteiger partial charge in [0.2, 0.25) is 0 Å². The summed E-state index contributed by atoms with van der Waals surface area (Å²) >= 11 is 0. The normalized spacial score (nSPS) is 24.5. The number of carbonyl (C=O) groups excluding carboxylic acids is 1. The summed E-state index contributed by atoms with van der Waals surface area (Å²) in [5, 5.41) is 0. The van der Waals surface area contributed by atoms with Crippen molar-refractivity contribution in [2.45, 2.75) is 44.9 Å². The highest BCUT2D eigenvalue weighted by atomic mass is 16.6. The molecule has 21 heavy (non-hydrogen) atoms. The zero-order chi connectivity index (χ0) is 15.2. The number of benzene rings is 1. The van der Waals surface area contributed by atoms with Crippen LogP contribution in [0.2, 0.25) is 0 Å². The first-order valence-corrected chi connectivity index (χ1v) is 7.45. The standard InChI is InChI=1S/C16H23N3O2/c1-16(2,3)21-15(20)19-10-13-8-14(19)9-18(13)12-6-4-5-11(17)7-12/h4-7,13-14H,8-10,17H2,1-3H3. The van der Waals surface area contributed by atoms with E-state index in [2.05, 4.69) is 11.0 Å². The van der Waals surface area contributed by atoms with Gasteiger partial charge in [-0.05, 0) is 45.4 Å². The molecule has 1 amide bonds. The Hall–Kier alpha value is -1.91. The van der Waals surface area contributed by atoms with Crippen molar-refractivity contribution in [3.63, 3.8) is 0 Å². The molecule has 2 heterocycles. The molecular weight excluding hydrogens is 266 g/mol. The van der Waals surface area contributed by atoms with Crippen LogP contribution >= 0.6 is 0 Å². The third-order valence-electron chi connectivity index (χ3n) is 4.07. The second-order valence-electron chi connectivity index (χ2n) is 6.92. The van der Waals surface area contributed by atoms with E-state index in [9.17, 15) is 4.79 Å². The van der Waals surface area contributed by atoms with Gasteiger partial charge in [-0.25, -0.2) is 4.79 Å². The Morgan fingerprint density at radius 2 is 2.05 bits per heavy atom. The summed E-state index contributed by atoms with van der Waals surface area (Å²) in [7, 11) is 0. The number of amides is 1. The molecule has 2 aliphatic rings. The Kier molecular flexibility index (Phi) is 3.23. The number of nitrogens with zero attached hydrogens (tertiary/aromatic N) is 2. The van der Waals surface area contributed by atoms with Crippen LogP contribution in [0.3, 0.4) is 0 Å². The van der Waals surface area contributed by atoms with Crippen LogP contribution in [0.15, 0.2) is 24.3 Å². The SMILES string of the molecule is CC(C)(C)OC(=O)N1CC2CC1CN2c1cccc(N)c1. The molecule has 0 aliphatic carbocycles. The van der Waals surface area contributed by atoms with Gasteiger partial charge in [0.15, 0.2) is 0 Å². The van der Waals surface area contributed by atoms with Crippen LogP contribution in [0.1, 0.15) is 27.2 Å². The molecule has 2 saturated heterocycles. The summed E-state index contributed by atoms with van der Waals surface area (Å²) < 4.78 is 5.48. The first kappa shape index (κ1) is 14.0. The summed E-state index contributed by atoms with van der Waals surface area (Å²) in [6, 6.07) is 8.55. The number of nitrogens with two attached hydrogens (primary N) is 1. The van der Waals surface area contributed by atoms with Gasteiger partial charge in [-0.15, -0.1) is 0 Å². The molecule has 2 fully saturated rings. The maximum absolute atomic E-state index is 12.2. The maximum Gasteiger partial charge on any atom is 0.410 e. The first-order chi connectivity index (χ1) is 9.83. The molecule has 0 saturated carbocycles. The summed E-state index contributed by atoms with van der Waals surface area (Å²) in [6.45, 7) is 7.29. The molecule has 2 unspecified atom stereocenters. The molecule has 1 aromatic rings. The predicted molar refractivity (Wildman–Crippen MR) is 83.3 cm³/mol. The molecule has 0 radical (unpaired) electrons. The van der Waals surface area contributed by atoms with Gasteiger partial charge in [0.05, 0.1) is 6.04 Å². The van der Waals surface area contributed by atoms with Gasteiger partial charge in [0, 0.05) is 30.5 Å². The van der Waals surface area contributed by atoms with Crippen molar-refractivity contribution in [2.24, 2.45) is 0 Å². The molecule has 0 spiro atoms. The molecule has 2 atom stereocenters. The van der Waals surface area contributed by atoms with Crippen molar-refractivity contribution in [3.05, 3.63) is 24.3 Å². The van der Waals surface area contributed by atoms with Gasteiger partial charge in [-0.2, -0.15) is 0 Å². The average molecular weight is 289 g/mol. The number of fused-ring (bicyclic) bond motifs is 2. The van der Waals surface area contributed by atoms with Gasteiger partial charge in [-0.3, -0.25) is 0 Å². The van der Waals surface area contributed by atoms with E-state index in [1.165, 1.54) is 0 Å². The molecule has 5 heteroatoms. The van der Waals surface area contributed by atoms with Crippen molar-refractivity contribution >= 4 is 17.5 Å². The lowest BCUT2D eigenvalue weighted by molar-refractivity contribution is 0.0215. The Morgan fingerprint density at radius 3 is 2.62 bits per heavy atom. The number of ether oxygens (including phenoxy) is 1. The Balaban J connectivity index is 1.68. The Bertz CT molecular complexity index is 553. The smallest absolute Gasteiger partial charge is 0.410 e. The predicted octanol–water partition coefficient (Wildman–Crippen LogP) is 2.47. The Morgan fingerprint density at radius 1 is 1.29 bits per heavy atom. The van der Waals surface area contributed by atoms with Crippen molar-refractivity contribution < 1.29 is 9.53 Å². The van der Waals surface area contributed by atoms with Gasteiger partial charge < -0.3 is 20.3 Å². The minimum atomic E-state index is -0.438. The number of hydrogen-bond acceptors (Lipinski definition) is 4. The quantitative estimate of drug-likeness (QED) is 0.807. The van der Waals surface area contributed by atoms with Gasteiger partial charge in [0.25, 0.3) is 0 Å². The lowest BCUT2D eigenvalue weighted by atomic mass is 10.2. The Labute approximate surface area is 125 Å². The van der Waals surface area contributed by atoms with Crippen LogP contribution in [0.25, 0.3) is 0 Å². The highest BCUT2D eigenvalue weighted by Gasteiger charge is 2.46. The first-order valence-electron chi connectivity index (χ1n) is 7.45. The number of anilines is 2. The van der Waals surface area contributed by atoms with Crippen molar-refractivity contribution in [1.29, 1.82) is 0 Å². The van der Waals surface area contributed by atoms with E-state index in [-0.39, 0.29) is 12.1 Å². The fourth-order valence-electron chi connectivity index (χ4n) is 3.23. The highest BCUT2D eigenvalue weighted by molar-refractivity contribution is 5.70. The van der Waals surface area contributed by atoms with E-state index in [4.69, 9.17) is 10.5 Å². The minimum Gasteiger partial charge on any atom is -0.444 e. The molecule has 2 bridgehead atoms. The lowest BCUT2D eigenvalue weighted by Gasteiger charge is -2.36. The van der Waals surface area contributed by atoms with Crippen molar-refractivity contribution in [2.75, 3.05) is 23.7 Å². The number of hydrogen-bond donors (Lipinski definition) is 1. The maximum atomic E-state index is 12.2. The molecular formula is C16H23N3O2. The molecule has 5 nitrogen and oxygen atoms in total. The zero-order valence-corrected chi connectivity index (χ0v) is 12.9. The second-order valence-corrected chi connectivity index (χ2v) is 6.92. The third-order valence-corrected chi connectivity index (χ3v) is 4.07. The lowest BCUT2D eigenvalue weighted by Crippen LogP contribution is -2.50. The van der Waals surface area contributed by atoms with Crippen molar-refractivity contribution in [1.82, 2.24) is 4.90 Å². The van der Waals surface area contributed by atoms with Crippen LogP contribution in [0.5, 0.6) is 0 Å². The second kappa shape index (κ2) is 4.83. The van der Waals surface area contributed by atoms with E-state index in [1.54, 1.807) is 0 Å². The van der Waals surface area contributed by atoms with Crippen LogP contribution in [0, 0.1) is 0 Å². The van der Waals surface area contributed by atoms with Crippen LogP contribution in [-0.2, 0) is 4.74 Å². The van der Waals surface area contributed by atoms with E-state index >= 15 is 0 Å². The number of nitrogen functional groups attached to an aromatic ring is 1. The van der Waals surface area contributed by atoms with Crippen molar-refractivity contribution in [3.8, 4) is 0 Å². The highest BCUT2D eigenvalue weighted by Crippen LogP contribution is 2.35. The number of likely N-dealkylation sites (tertiary alicyclic amines) is 1. The largest absolute Gasteiger partial charge is 0.444 e. The summed E-state index contributed by atoms with van der Waals surface area (Å²) in [5.74, 6) is 0. The summed E-state index contributed by atoms with van der Waals surface area (Å²) in [6.07, 6.45) is 0.816. The molecule has 3 rings (SSSR count). The molecule has 2 aliphatic heterocycles. The van der Waals surface area contributed by atoms with E-state index in [0.717, 1.165) is 30.9 Å². The van der Waals surface area contributed by atoms with Gasteiger partial charge in [-0.1, -0.05) is 6.07 Å². The van der Waals surface area contributed by atoms with Gasteiger partial charge >= 0.3 is 6.09 Å². The number of rotatable bonds is 1. The average Bonchev–Trinajstić information content (AvgIpc) is 2.96. The summed E-state index contributed by atoms with van der Waals surface area (Å²) in [5.41, 5.74) is 7.34. The third kappa shape index (κ3) is 2.77. The number of carbonyl (C=O) groups is 1. The monoisotopic (exact) mass is 289 g/mol. The minimum absolute atomic E-state index is 0.192. The molecule has 1 aromatic carbocycles.